The largest absolute Gasteiger partial charge is 0.479 e. The number of benzene rings is 1. The van der Waals surface area contributed by atoms with Gasteiger partial charge in [0.2, 0.25) is 5.54 Å². The van der Waals surface area contributed by atoms with Crippen LogP contribution in [0.2, 0.25) is 0 Å². The van der Waals surface area contributed by atoms with E-state index in [4.69, 9.17) is 10.5 Å². The van der Waals surface area contributed by atoms with Crippen LogP contribution >= 0.6 is 0 Å². The second kappa shape index (κ2) is 6.26. The zero-order valence-corrected chi connectivity index (χ0v) is 13.0. The van der Waals surface area contributed by atoms with Gasteiger partial charge in [0.25, 0.3) is 0 Å². The van der Waals surface area contributed by atoms with Crippen molar-refractivity contribution in [2.75, 3.05) is 0 Å². The zero-order valence-electron chi connectivity index (χ0n) is 13.0. The van der Waals surface area contributed by atoms with Gasteiger partial charge in [-0.15, -0.1) is 0 Å². The number of ether oxygens (including phenoxy) is 1. The Hall–Kier alpha value is -1.88. The van der Waals surface area contributed by atoms with E-state index in [2.05, 4.69) is 0 Å². The lowest BCUT2D eigenvalue weighted by molar-refractivity contribution is -0.169. The summed E-state index contributed by atoms with van der Waals surface area (Å²) in [5, 5.41) is 9.34. The van der Waals surface area contributed by atoms with Gasteiger partial charge in [-0.3, -0.25) is 0 Å². The maximum Gasteiger partial charge on any atom is 0.338 e. The molecular weight excluding hydrogens is 270 g/mol. The van der Waals surface area contributed by atoms with Crippen LogP contribution in [0.4, 0.5) is 0 Å². The maximum absolute atomic E-state index is 12.1. The van der Waals surface area contributed by atoms with Crippen molar-refractivity contribution in [3.8, 4) is 0 Å². The number of carboxylic acids is 1. The molecule has 3 N–H and O–H groups in total. The first-order valence-electron chi connectivity index (χ1n) is 6.92. The predicted octanol–water partition coefficient (Wildman–Crippen LogP) is 1.92. The van der Waals surface area contributed by atoms with Gasteiger partial charge < -0.3 is 15.6 Å². The molecule has 21 heavy (non-hydrogen) atoms. The van der Waals surface area contributed by atoms with Crippen molar-refractivity contribution in [3.05, 3.63) is 35.4 Å². The van der Waals surface area contributed by atoms with Crippen LogP contribution < -0.4 is 5.73 Å². The first-order chi connectivity index (χ1) is 9.58. The Bertz CT molecular complexity index is 516. The number of nitrogens with two attached hydrogens (primary N) is 1. The molecule has 0 spiro atoms. The minimum Gasteiger partial charge on any atom is -0.479 e. The Balaban J connectivity index is 2.99. The van der Waals surface area contributed by atoms with Gasteiger partial charge in [-0.25, -0.2) is 9.59 Å². The number of rotatable bonds is 5. The van der Waals surface area contributed by atoms with Crippen LogP contribution in [-0.2, 0) is 27.2 Å². The molecule has 1 aromatic carbocycles. The van der Waals surface area contributed by atoms with Crippen molar-refractivity contribution in [2.45, 2.75) is 51.7 Å². The Kier molecular flexibility index (Phi) is 5.12. The molecule has 0 saturated carbocycles. The highest BCUT2D eigenvalue weighted by molar-refractivity contribution is 6.04. The second-order valence-corrected chi connectivity index (χ2v) is 6.13. The van der Waals surface area contributed by atoms with Gasteiger partial charge in [0, 0.05) is 6.42 Å². The molecule has 0 aliphatic heterocycles. The summed E-state index contributed by atoms with van der Waals surface area (Å²) in [5.74, 6) is -2.32. The average molecular weight is 293 g/mol. The molecule has 0 saturated heterocycles. The summed E-state index contributed by atoms with van der Waals surface area (Å²) in [7, 11) is 0. The number of esters is 1. The lowest BCUT2D eigenvalue weighted by Gasteiger charge is -2.28. The monoisotopic (exact) mass is 293 g/mol. The first-order valence-corrected chi connectivity index (χ1v) is 6.92. The van der Waals surface area contributed by atoms with Crippen molar-refractivity contribution < 1.29 is 19.4 Å². The summed E-state index contributed by atoms with van der Waals surface area (Å²) in [4.78, 5) is 23.6. The molecule has 0 aromatic heterocycles. The summed E-state index contributed by atoms with van der Waals surface area (Å²) in [5.41, 5.74) is 4.77. The molecular formula is C16H23NO4. The van der Waals surface area contributed by atoms with Crippen molar-refractivity contribution in [1.29, 1.82) is 0 Å². The lowest BCUT2D eigenvalue weighted by atomic mass is 9.91. The molecule has 0 aliphatic carbocycles. The molecule has 0 bridgehead atoms. The second-order valence-electron chi connectivity index (χ2n) is 6.13. The SMILES string of the molecule is CCc1ccc(C[C@](N)(C(=O)O)C(=O)OC(C)(C)C)cc1. The highest BCUT2D eigenvalue weighted by Gasteiger charge is 2.45. The highest BCUT2D eigenvalue weighted by Crippen LogP contribution is 2.18. The van der Waals surface area contributed by atoms with Crippen LogP contribution in [0.5, 0.6) is 0 Å². The number of hydrogen-bond donors (Lipinski definition) is 2. The highest BCUT2D eigenvalue weighted by atomic mass is 16.6. The Morgan fingerprint density at radius 3 is 2.00 bits per heavy atom. The maximum atomic E-state index is 12.1. The molecule has 5 heteroatoms. The summed E-state index contributed by atoms with van der Waals surface area (Å²) < 4.78 is 5.14. The number of carboxylic acid groups (broad SMARTS) is 1. The molecule has 1 aromatic rings. The Morgan fingerprint density at radius 2 is 1.62 bits per heavy atom. The first kappa shape index (κ1) is 17.2. The van der Waals surface area contributed by atoms with E-state index in [0.29, 0.717) is 5.56 Å². The minimum absolute atomic E-state index is 0.110. The van der Waals surface area contributed by atoms with Crippen LogP contribution in [0.3, 0.4) is 0 Å². The number of hydrogen-bond acceptors (Lipinski definition) is 4. The summed E-state index contributed by atoms with van der Waals surface area (Å²) in [6.45, 7) is 7.04. The minimum atomic E-state index is -2.08. The number of carbonyl (C=O) groups excluding carboxylic acids is 1. The van der Waals surface area contributed by atoms with E-state index in [1.807, 2.05) is 19.1 Å². The quantitative estimate of drug-likeness (QED) is 0.639. The summed E-state index contributed by atoms with van der Waals surface area (Å²) >= 11 is 0. The van der Waals surface area contributed by atoms with Crippen LogP contribution in [0, 0.1) is 0 Å². The van der Waals surface area contributed by atoms with Gasteiger partial charge in [0.15, 0.2) is 0 Å². The van der Waals surface area contributed by atoms with Crippen molar-refractivity contribution in [1.82, 2.24) is 0 Å². The fourth-order valence-electron chi connectivity index (χ4n) is 1.82. The molecule has 1 rings (SSSR count). The zero-order chi connectivity index (χ0) is 16.3. The van der Waals surface area contributed by atoms with Crippen molar-refractivity contribution >= 4 is 11.9 Å². The van der Waals surface area contributed by atoms with Gasteiger partial charge in [-0.1, -0.05) is 31.2 Å². The van der Waals surface area contributed by atoms with Gasteiger partial charge >= 0.3 is 11.9 Å². The van der Waals surface area contributed by atoms with Gasteiger partial charge in [0.1, 0.15) is 5.60 Å². The van der Waals surface area contributed by atoms with Crippen molar-refractivity contribution in [2.24, 2.45) is 5.73 Å². The fourth-order valence-corrected chi connectivity index (χ4v) is 1.82. The molecule has 1 atom stereocenters. The fraction of sp³-hybridized carbons (Fsp3) is 0.500. The van der Waals surface area contributed by atoms with Gasteiger partial charge in [0.05, 0.1) is 0 Å². The molecule has 0 fully saturated rings. The summed E-state index contributed by atoms with van der Waals surface area (Å²) in [6, 6.07) is 7.36. The van der Waals surface area contributed by atoms with Gasteiger partial charge in [-0.05, 0) is 38.3 Å². The number of carbonyl (C=O) groups is 2. The van der Waals surface area contributed by atoms with Crippen molar-refractivity contribution in [3.63, 3.8) is 0 Å². The molecule has 116 valence electrons. The van der Waals surface area contributed by atoms with Crippen LogP contribution in [-0.4, -0.2) is 28.2 Å². The number of aryl methyl sites for hydroxylation is 1. The van der Waals surface area contributed by atoms with E-state index in [1.54, 1.807) is 32.9 Å². The predicted molar refractivity (Wildman–Crippen MR) is 79.9 cm³/mol. The van der Waals surface area contributed by atoms with E-state index < -0.39 is 23.1 Å². The smallest absolute Gasteiger partial charge is 0.338 e. The topological polar surface area (TPSA) is 89.6 Å². The number of aliphatic carboxylic acids is 1. The average Bonchev–Trinajstić information content (AvgIpc) is 2.37. The third-order valence-electron chi connectivity index (χ3n) is 3.06. The standard InChI is InChI=1S/C16H23NO4/c1-5-11-6-8-12(9-7-11)10-16(17,13(18)19)14(20)21-15(2,3)4/h6-9H,5,10,17H2,1-4H3,(H,18,19)/t16-/m0/s1. The van der Waals surface area contributed by atoms with E-state index in [0.717, 1.165) is 12.0 Å². The molecule has 5 nitrogen and oxygen atoms in total. The van der Waals surface area contributed by atoms with Crippen LogP contribution in [0.15, 0.2) is 24.3 Å². The third-order valence-corrected chi connectivity index (χ3v) is 3.06. The third kappa shape index (κ3) is 4.56. The van der Waals surface area contributed by atoms with E-state index in [-0.39, 0.29) is 6.42 Å². The van der Waals surface area contributed by atoms with E-state index in [9.17, 15) is 14.7 Å². The van der Waals surface area contributed by atoms with E-state index in [1.165, 1.54) is 0 Å². The summed E-state index contributed by atoms with van der Waals surface area (Å²) in [6.07, 6.45) is 0.778. The Labute approximate surface area is 125 Å². The lowest BCUT2D eigenvalue weighted by Crippen LogP contribution is -2.58. The molecule has 0 unspecified atom stereocenters. The molecule has 0 radical (unpaired) electrons. The Morgan fingerprint density at radius 1 is 1.14 bits per heavy atom. The molecule has 0 heterocycles. The van der Waals surface area contributed by atoms with E-state index >= 15 is 0 Å². The normalized spacial score (nSPS) is 14.3. The van der Waals surface area contributed by atoms with Crippen LogP contribution in [0.25, 0.3) is 0 Å². The van der Waals surface area contributed by atoms with Crippen LogP contribution in [0.1, 0.15) is 38.8 Å². The molecule has 0 amide bonds. The molecule has 0 aliphatic rings. The van der Waals surface area contributed by atoms with Gasteiger partial charge in [-0.2, -0.15) is 0 Å².